The SMILES string of the molecule is COC(=O)c1cccc(NC(=O)CSc2nnc(-c3cccc(C)c3)o2)c1. The maximum Gasteiger partial charge on any atom is 0.337 e. The van der Waals surface area contributed by atoms with Crippen LogP contribution in [0, 0.1) is 6.92 Å². The van der Waals surface area contributed by atoms with Crippen LogP contribution >= 0.6 is 11.8 Å². The number of nitrogens with zero attached hydrogens (tertiary/aromatic N) is 2. The average molecular weight is 383 g/mol. The van der Waals surface area contributed by atoms with Gasteiger partial charge >= 0.3 is 5.97 Å². The van der Waals surface area contributed by atoms with Gasteiger partial charge in [-0.2, -0.15) is 0 Å². The summed E-state index contributed by atoms with van der Waals surface area (Å²) >= 11 is 1.14. The van der Waals surface area contributed by atoms with Gasteiger partial charge in [0.1, 0.15) is 0 Å². The fraction of sp³-hybridized carbons (Fsp3) is 0.158. The van der Waals surface area contributed by atoms with Gasteiger partial charge in [0.15, 0.2) is 0 Å². The highest BCUT2D eigenvalue weighted by molar-refractivity contribution is 7.99. The summed E-state index contributed by atoms with van der Waals surface area (Å²) in [5, 5.41) is 11.0. The Bertz CT molecular complexity index is 971. The molecule has 0 bridgehead atoms. The average Bonchev–Trinajstić information content (AvgIpc) is 3.15. The van der Waals surface area contributed by atoms with Crippen molar-refractivity contribution < 1.29 is 18.7 Å². The molecule has 3 rings (SSSR count). The molecule has 0 saturated carbocycles. The summed E-state index contributed by atoms with van der Waals surface area (Å²) in [4.78, 5) is 23.7. The first-order valence-electron chi connectivity index (χ1n) is 8.07. The lowest BCUT2D eigenvalue weighted by Crippen LogP contribution is -2.14. The number of amides is 1. The number of anilines is 1. The maximum atomic E-state index is 12.1. The molecule has 0 unspecified atom stereocenters. The van der Waals surface area contributed by atoms with Crippen LogP contribution in [0.1, 0.15) is 15.9 Å². The molecule has 138 valence electrons. The molecule has 0 atom stereocenters. The van der Waals surface area contributed by atoms with Crippen LogP contribution < -0.4 is 5.32 Å². The lowest BCUT2D eigenvalue weighted by atomic mass is 10.1. The second kappa shape index (κ2) is 8.50. The summed E-state index contributed by atoms with van der Waals surface area (Å²) in [6.07, 6.45) is 0. The number of thioether (sulfide) groups is 1. The van der Waals surface area contributed by atoms with Crippen molar-refractivity contribution in [3.05, 3.63) is 59.7 Å². The summed E-state index contributed by atoms with van der Waals surface area (Å²) in [6, 6.07) is 14.3. The van der Waals surface area contributed by atoms with Gasteiger partial charge in [-0.3, -0.25) is 4.79 Å². The first kappa shape index (κ1) is 18.7. The lowest BCUT2D eigenvalue weighted by Gasteiger charge is -2.05. The van der Waals surface area contributed by atoms with Gasteiger partial charge in [0.05, 0.1) is 18.4 Å². The molecule has 1 amide bonds. The minimum atomic E-state index is -0.463. The van der Waals surface area contributed by atoms with Gasteiger partial charge in [-0.05, 0) is 37.3 Å². The van der Waals surface area contributed by atoms with E-state index in [0.717, 1.165) is 22.9 Å². The Balaban J connectivity index is 1.58. The molecule has 1 heterocycles. The zero-order valence-electron chi connectivity index (χ0n) is 14.8. The zero-order valence-corrected chi connectivity index (χ0v) is 15.6. The monoisotopic (exact) mass is 383 g/mol. The van der Waals surface area contributed by atoms with E-state index in [4.69, 9.17) is 4.42 Å². The van der Waals surface area contributed by atoms with Crippen molar-refractivity contribution in [2.75, 3.05) is 18.2 Å². The number of hydrogen-bond acceptors (Lipinski definition) is 7. The van der Waals surface area contributed by atoms with E-state index in [9.17, 15) is 9.59 Å². The van der Waals surface area contributed by atoms with Crippen LogP contribution in [0.25, 0.3) is 11.5 Å². The Morgan fingerprint density at radius 2 is 1.96 bits per heavy atom. The van der Waals surface area contributed by atoms with Crippen LogP contribution in [0.4, 0.5) is 5.69 Å². The second-order valence-corrected chi connectivity index (χ2v) is 6.58. The van der Waals surface area contributed by atoms with Gasteiger partial charge in [-0.25, -0.2) is 4.79 Å². The van der Waals surface area contributed by atoms with Gasteiger partial charge in [0, 0.05) is 11.3 Å². The number of rotatable bonds is 6. The highest BCUT2D eigenvalue weighted by Crippen LogP contribution is 2.24. The van der Waals surface area contributed by atoms with Crippen molar-refractivity contribution in [2.45, 2.75) is 12.1 Å². The Labute approximate surface area is 160 Å². The van der Waals surface area contributed by atoms with Crippen molar-refractivity contribution >= 4 is 29.3 Å². The minimum Gasteiger partial charge on any atom is -0.465 e. The molecule has 0 saturated heterocycles. The summed E-state index contributed by atoms with van der Waals surface area (Å²) < 4.78 is 10.3. The molecule has 3 aromatic rings. The van der Waals surface area contributed by atoms with Crippen molar-refractivity contribution in [3.8, 4) is 11.5 Å². The highest BCUT2D eigenvalue weighted by Gasteiger charge is 2.12. The van der Waals surface area contributed by atoms with Gasteiger partial charge in [0.25, 0.3) is 5.22 Å². The lowest BCUT2D eigenvalue weighted by molar-refractivity contribution is -0.113. The van der Waals surface area contributed by atoms with Crippen LogP contribution in [0.15, 0.2) is 58.2 Å². The van der Waals surface area contributed by atoms with Crippen LogP contribution in [0.3, 0.4) is 0 Å². The normalized spacial score (nSPS) is 10.4. The Hall–Kier alpha value is -3.13. The summed E-state index contributed by atoms with van der Waals surface area (Å²) in [7, 11) is 1.31. The molecule has 0 aliphatic rings. The fourth-order valence-electron chi connectivity index (χ4n) is 2.33. The summed E-state index contributed by atoms with van der Waals surface area (Å²) in [5.74, 6) is -0.211. The number of carbonyl (C=O) groups excluding carboxylic acids is 2. The number of nitrogens with one attached hydrogen (secondary N) is 1. The Kier molecular flexibility index (Phi) is 5.87. The molecule has 1 N–H and O–H groups in total. The fourth-order valence-corrected chi connectivity index (χ4v) is 2.89. The number of esters is 1. The molecule has 2 aromatic carbocycles. The number of ether oxygens (including phenoxy) is 1. The summed E-state index contributed by atoms with van der Waals surface area (Å²) in [6.45, 7) is 1.98. The molecule has 0 aliphatic heterocycles. The third kappa shape index (κ3) is 4.95. The molecule has 0 fully saturated rings. The molecule has 1 aromatic heterocycles. The largest absolute Gasteiger partial charge is 0.465 e. The third-order valence-electron chi connectivity index (χ3n) is 3.57. The smallest absolute Gasteiger partial charge is 0.337 e. The van der Waals surface area contributed by atoms with Crippen LogP contribution in [-0.2, 0) is 9.53 Å². The molecule has 27 heavy (non-hydrogen) atoms. The Morgan fingerprint density at radius 3 is 2.74 bits per heavy atom. The molecule has 0 spiro atoms. The quantitative estimate of drug-likeness (QED) is 0.514. The van der Waals surface area contributed by atoms with E-state index in [1.165, 1.54) is 7.11 Å². The van der Waals surface area contributed by atoms with Gasteiger partial charge in [0.2, 0.25) is 11.8 Å². The van der Waals surface area contributed by atoms with E-state index in [-0.39, 0.29) is 11.7 Å². The molecular formula is C19H17N3O4S. The molecule has 8 heteroatoms. The third-order valence-corrected chi connectivity index (χ3v) is 4.38. The number of methoxy groups -OCH3 is 1. The Morgan fingerprint density at radius 1 is 1.15 bits per heavy atom. The van der Waals surface area contributed by atoms with Gasteiger partial charge in [-0.1, -0.05) is 35.5 Å². The number of carbonyl (C=O) groups is 2. The highest BCUT2D eigenvalue weighted by atomic mass is 32.2. The minimum absolute atomic E-state index is 0.0951. The van der Waals surface area contributed by atoms with Gasteiger partial charge in [-0.15, -0.1) is 10.2 Å². The predicted octanol–water partition coefficient (Wildman–Crippen LogP) is 3.56. The second-order valence-electron chi connectivity index (χ2n) is 5.65. The topological polar surface area (TPSA) is 94.3 Å². The van der Waals surface area contributed by atoms with Crippen LogP contribution in [0.2, 0.25) is 0 Å². The van der Waals surface area contributed by atoms with E-state index < -0.39 is 5.97 Å². The molecule has 7 nitrogen and oxygen atoms in total. The number of aromatic nitrogens is 2. The zero-order chi connectivity index (χ0) is 19.2. The van der Waals surface area contributed by atoms with E-state index in [0.29, 0.717) is 22.4 Å². The number of hydrogen-bond donors (Lipinski definition) is 1. The first-order valence-corrected chi connectivity index (χ1v) is 9.05. The summed E-state index contributed by atoms with van der Waals surface area (Å²) in [5.41, 5.74) is 2.80. The van der Waals surface area contributed by atoms with Crippen LogP contribution in [-0.4, -0.2) is 34.9 Å². The van der Waals surface area contributed by atoms with Crippen molar-refractivity contribution in [2.24, 2.45) is 0 Å². The van der Waals surface area contributed by atoms with Crippen LogP contribution in [0.5, 0.6) is 0 Å². The van der Waals surface area contributed by atoms with Crippen molar-refractivity contribution in [1.29, 1.82) is 0 Å². The van der Waals surface area contributed by atoms with Crippen molar-refractivity contribution in [1.82, 2.24) is 10.2 Å². The first-order chi connectivity index (χ1) is 13.0. The van der Waals surface area contributed by atoms with E-state index in [1.54, 1.807) is 24.3 Å². The standard InChI is InChI=1S/C19H17N3O4S/c1-12-5-3-6-13(9-12)17-21-22-19(26-17)27-11-16(23)20-15-8-4-7-14(10-15)18(24)25-2/h3-10H,11H2,1-2H3,(H,20,23). The maximum absolute atomic E-state index is 12.1. The predicted molar refractivity (Wildman–Crippen MR) is 102 cm³/mol. The van der Waals surface area contributed by atoms with E-state index in [1.807, 2.05) is 31.2 Å². The van der Waals surface area contributed by atoms with Gasteiger partial charge < -0.3 is 14.5 Å². The molecule has 0 aliphatic carbocycles. The number of benzene rings is 2. The van der Waals surface area contributed by atoms with Crippen molar-refractivity contribution in [3.63, 3.8) is 0 Å². The number of aryl methyl sites for hydroxylation is 1. The van der Waals surface area contributed by atoms with E-state index in [2.05, 4.69) is 20.3 Å². The molecule has 0 radical (unpaired) electrons. The molecular weight excluding hydrogens is 366 g/mol. The van der Waals surface area contributed by atoms with E-state index >= 15 is 0 Å².